The fourth-order valence-electron chi connectivity index (χ4n) is 2.43. The molecule has 0 spiro atoms. The number of morpholine rings is 1. The molecule has 2 heterocycles. The molecular formula is C15H24N4O2. The molecule has 21 heavy (non-hydrogen) atoms. The molecule has 1 fully saturated rings. The molecule has 2 rings (SSSR count). The highest BCUT2D eigenvalue weighted by molar-refractivity contribution is 5.89. The Morgan fingerprint density at radius 2 is 2.10 bits per heavy atom. The zero-order valence-corrected chi connectivity index (χ0v) is 12.9. The summed E-state index contributed by atoms with van der Waals surface area (Å²) in [5.74, 6) is 0.913. The Kier molecular flexibility index (Phi) is 5.38. The number of ether oxygens (including phenoxy) is 1. The summed E-state index contributed by atoms with van der Waals surface area (Å²) in [5, 5.41) is 5.53. The Morgan fingerprint density at radius 1 is 1.38 bits per heavy atom. The van der Waals surface area contributed by atoms with E-state index in [4.69, 9.17) is 4.74 Å². The van der Waals surface area contributed by atoms with E-state index in [2.05, 4.69) is 34.4 Å². The Hall–Kier alpha value is -1.82. The van der Waals surface area contributed by atoms with Gasteiger partial charge in [-0.15, -0.1) is 0 Å². The molecule has 0 bridgehead atoms. The average molecular weight is 292 g/mol. The number of carbonyl (C=O) groups excluding carboxylic acids is 1. The van der Waals surface area contributed by atoms with Gasteiger partial charge in [0.15, 0.2) is 0 Å². The van der Waals surface area contributed by atoms with Crippen molar-refractivity contribution in [1.29, 1.82) is 0 Å². The summed E-state index contributed by atoms with van der Waals surface area (Å²) >= 11 is 0. The molecule has 2 amide bonds. The van der Waals surface area contributed by atoms with Gasteiger partial charge in [0.25, 0.3) is 0 Å². The van der Waals surface area contributed by atoms with Gasteiger partial charge in [-0.1, -0.05) is 6.92 Å². The third kappa shape index (κ3) is 4.60. The Labute approximate surface area is 125 Å². The van der Waals surface area contributed by atoms with Gasteiger partial charge in [0.05, 0.1) is 24.1 Å². The number of nitrogens with one attached hydrogen (secondary N) is 2. The molecule has 6 heteroatoms. The van der Waals surface area contributed by atoms with Crippen LogP contribution in [0, 0.1) is 0 Å². The quantitative estimate of drug-likeness (QED) is 0.893. The lowest BCUT2D eigenvalue weighted by atomic mass is 10.2. The molecule has 1 aromatic heterocycles. The summed E-state index contributed by atoms with van der Waals surface area (Å²) in [6, 6.07) is 3.61. The summed E-state index contributed by atoms with van der Waals surface area (Å²) in [5.41, 5.74) is 0.696. The van der Waals surface area contributed by atoms with Crippen molar-refractivity contribution in [3.63, 3.8) is 0 Å². The SMILES string of the molecule is CCCNC(=O)Nc1ccc(N2CC(C)OC(C)C2)nc1. The maximum absolute atomic E-state index is 11.6. The smallest absolute Gasteiger partial charge is 0.319 e. The van der Waals surface area contributed by atoms with Crippen molar-refractivity contribution in [2.45, 2.75) is 39.4 Å². The van der Waals surface area contributed by atoms with Crippen LogP contribution in [0.1, 0.15) is 27.2 Å². The predicted octanol–water partition coefficient (Wildman–Crippen LogP) is 2.23. The van der Waals surface area contributed by atoms with E-state index in [1.165, 1.54) is 0 Å². The van der Waals surface area contributed by atoms with Crippen molar-refractivity contribution in [3.8, 4) is 0 Å². The number of hydrogen-bond donors (Lipinski definition) is 2. The van der Waals surface area contributed by atoms with Gasteiger partial charge in [-0.25, -0.2) is 9.78 Å². The molecule has 0 aliphatic carbocycles. The van der Waals surface area contributed by atoms with Crippen molar-refractivity contribution < 1.29 is 9.53 Å². The van der Waals surface area contributed by atoms with Crippen molar-refractivity contribution in [2.24, 2.45) is 0 Å². The van der Waals surface area contributed by atoms with Gasteiger partial charge < -0.3 is 20.3 Å². The number of hydrogen-bond acceptors (Lipinski definition) is 4. The molecule has 0 aromatic carbocycles. The van der Waals surface area contributed by atoms with Crippen LogP contribution >= 0.6 is 0 Å². The van der Waals surface area contributed by atoms with Gasteiger partial charge in [-0.05, 0) is 32.4 Å². The van der Waals surface area contributed by atoms with E-state index in [-0.39, 0.29) is 18.2 Å². The molecule has 0 radical (unpaired) electrons. The third-order valence-electron chi connectivity index (χ3n) is 3.28. The first-order valence-corrected chi connectivity index (χ1v) is 7.49. The minimum Gasteiger partial charge on any atom is -0.372 e. The van der Waals surface area contributed by atoms with E-state index in [0.29, 0.717) is 12.2 Å². The molecule has 116 valence electrons. The van der Waals surface area contributed by atoms with Crippen LogP contribution in [0.2, 0.25) is 0 Å². The third-order valence-corrected chi connectivity index (χ3v) is 3.28. The molecule has 1 aliphatic rings. The number of anilines is 2. The van der Waals surface area contributed by atoms with E-state index in [9.17, 15) is 4.79 Å². The van der Waals surface area contributed by atoms with Crippen LogP contribution in [0.15, 0.2) is 18.3 Å². The van der Waals surface area contributed by atoms with Gasteiger partial charge in [-0.3, -0.25) is 0 Å². The molecule has 1 aliphatic heterocycles. The summed E-state index contributed by atoms with van der Waals surface area (Å²) in [4.78, 5) is 18.2. The highest BCUT2D eigenvalue weighted by Crippen LogP contribution is 2.19. The number of carbonyl (C=O) groups is 1. The van der Waals surface area contributed by atoms with Crippen molar-refractivity contribution in [1.82, 2.24) is 10.3 Å². The number of nitrogens with zero attached hydrogens (tertiary/aromatic N) is 2. The van der Waals surface area contributed by atoms with Crippen molar-refractivity contribution in [2.75, 3.05) is 29.9 Å². The van der Waals surface area contributed by atoms with Crippen LogP contribution in [0.4, 0.5) is 16.3 Å². The van der Waals surface area contributed by atoms with Crippen LogP contribution in [-0.2, 0) is 4.74 Å². The van der Waals surface area contributed by atoms with Gasteiger partial charge >= 0.3 is 6.03 Å². The van der Waals surface area contributed by atoms with E-state index >= 15 is 0 Å². The summed E-state index contributed by atoms with van der Waals surface area (Å²) in [6.07, 6.45) is 3.00. The van der Waals surface area contributed by atoms with Crippen molar-refractivity contribution in [3.05, 3.63) is 18.3 Å². The lowest BCUT2D eigenvalue weighted by molar-refractivity contribution is -0.00545. The zero-order chi connectivity index (χ0) is 15.2. The first-order valence-electron chi connectivity index (χ1n) is 7.49. The number of aromatic nitrogens is 1. The topological polar surface area (TPSA) is 66.5 Å². The van der Waals surface area contributed by atoms with E-state index in [1.54, 1.807) is 6.20 Å². The van der Waals surface area contributed by atoms with Crippen LogP contribution < -0.4 is 15.5 Å². The normalized spacial score (nSPS) is 22.0. The molecule has 2 unspecified atom stereocenters. The monoisotopic (exact) mass is 292 g/mol. The van der Waals surface area contributed by atoms with Gasteiger partial charge in [0, 0.05) is 19.6 Å². The molecule has 1 aromatic rings. The number of rotatable bonds is 4. The first-order chi connectivity index (χ1) is 10.1. The van der Waals surface area contributed by atoms with Crippen LogP contribution in [0.25, 0.3) is 0 Å². The van der Waals surface area contributed by atoms with E-state index in [0.717, 1.165) is 25.3 Å². The number of amides is 2. The van der Waals surface area contributed by atoms with Crippen LogP contribution in [0.3, 0.4) is 0 Å². The summed E-state index contributed by atoms with van der Waals surface area (Å²) < 4.78 is 5.72. The largest absolute Gasteiger partial charge is 0.372 e. The molecule has 6 nitrogen and oxygen atoms in total. The first kappa shape index (κ1) is 15.6. The lowest BCUT2D eigenvalue weighted by Crippen LogP contribution is -2.45. The summed E-state index contributed by atoms with van der Waals surface area (Å²) in [7, 11) is 0. The molecule has 2 atom stereocenters. The van der Waals surface area contributed by atoms with Gasteiger partial charge in [-0.2, -0.15) is 0 Å². The summed E-state index contributed by atoms with van der Waals surface area (Å²) in [6.45, 7) is 8.48. The van der Waals surface area contributed by atoms with Gasteiger partial charge in [0.2, 0.25) is 0 Å². The average Bonchev–Trinajstić information content (AvgIpc) is 2.45. The zero-order valence-electron chi connectivity index (χ0n) is 12.9. The maximum Gasteiger partial charge on any atom is 0.319 e. The van der Waals surface area contributed by atoms with Crippen LogP contribution in [-0.4, -0.2) is 42.9 Å². The second kappa shape index (κ2) is 7.26. The number of pyridine rings is 1. The van der Waals surface area contributed by atoms with E-state index < -0.39 is 0 Å². The maximum atomic E-state index is 11.6. The lowest BCUT2D eigenvalue weighted by Gasteiger charge is -2.36. The fourth-order valence-corrected chi connectivity index (χ4v) is 2.43. The number of urea groups is 1. The second-order valence-electron chi connectivity index (χ2n) is 5.45. The Balaban J connectivity index is 1.94. The molecule has 0 saturated carbocycles. The second-order valence-corrected chi connectivity index (χ2v) is 5.45. The molecule has 2 N–H and O–H groups in total. The fraction of sp³-hybridized carbons (Fsp3) is 0.600. The minimum atomic E-state index is -0.194. The van der Waals surface area contributed by atoms with E-state index in [1.807, 2.05) is 19.1 Å². The van der Waals surface area contributed by atoms with Gasteiger partial charge in [0.1, 0.15) is 5.82 Å². The highest BCUT2D eigenvalue weighted by atomic mass is 16.5. The predicted molar refractivity (Wildman–Crippen MR) is 83.8 cm³/mol. The Morgan fingerprint density at radius 3 is 2.67 bits per heavy atom. The minimum absolute atomic E-state index is 0.194. The molecule has 1 saturated heterocycles. The highest BCUT2D eigenvalue weighted by Gasteiger charge is 2.22. The van der Waals surface area contributed by atoms with Crippen LogP contribution in [0.5, 0.6) is 0 Å². The Bertz CT molecular complexity index is 453. The molecular weight excluding hydrogens is 268 g/mol. The standard InChI is InChI=1S/C15H24N4O2/c1-4-7-16-15(20)18-13-5-6-14(17-8-13)19-9-11(2)21-12(3)10-19/h5-6,8,11-12H,4,7,9-10H2,1-3H3,(H2,16,18,20). The van der Waals surface area contributed by atoms with Crippen molar-refractivity contribution >= 4 is 17.5 Å².